The summed E-state index contributed by atoms with van der Waals surface area (Å²) in [5.41, 5.74) is -0.718. The number of rotatable bonds is 5. The first-order valence-corrected chi connectivity index (χ1v) is 10.1. The molecule has 2 amide bonds. The van der Waals surface area contributed by atoms with E-state index >= 15 is 0 Å². The fourth-order valence-electron chi connectivity index (χ4n) is 3.31. The van der Waals surface area contributed by atoms with Gasteiger partial charge in [0.15, 0.2) is 5.11 Å². The van der Waals surface area contributed by atoms with E-state index < -0.39 is 27.1 Å². The van der Waals surface area contributed by atoms with Crippen LogP contribution in [0.2, 0.25) is 0 Å². The third-order valence-corrected chi connectivity index (χ3v) is 5.07. The molecule has 11 nitrogen and oxygen atoms in total. The number of nitro groups is 2. The molecule has 1 fully saturated rings. The number of nitro benzene ring substituents is 2. The standard InChI is InChI=1S/C20H19N5O6S/c26-18(13-10-14(24(28)29)12-15(11-13)25(30)31)22-20(32)21-17-7-3-2-6-16(17)19(27)23-8-4-1-5-9-23/h2-3,6-7,10-12H,1,4-5,8-9H2,(H2,21,22,26,32). The summed E-state index contributed by atoms with van der Waals surface area (Å²) in [6.45, 7) is 1.33. The van der Waals surface area contributed by atoms with Gasteiger partial charge in [0.05, 0.1) is 32.7 Å². The van der Waals surface area contributed by atoms with Gasteiger partial charge in [-0.3, -0.25) is 35.1 Å². The van der Waals surface area contributed by atoms with E-state index in [1.165, 1.54) is 0 Å². The minimum absolute atomic E-state index is 0.156. The molecule has 1 heterocycles. The highest BCUT2D eigenvalue weighted by molar-refractivity contribution is 7.80. The van der Waals surface area contributed by atoms with Crippen LogP contribution < -0.4 is 10.6 Å². The number of anilines is 1. The summed E-state index contributed by atoms with van der Waals surface area (Å²) in [5, 5.41) is 27.0. The summed E-state index contributed by atoms with van der Waals surface area (Å²) in [6, 6.07) is 9.28. The van der Waals surface area contributed by atoms with Crippen molar-refractivity contribution in [3.63, 3.8) is 0 Å². The van der Waals surface area contributed by atoms with Crippen LogP contribution in [0.1, 0.15) is 40.0 Å². The van der Waals surface area contributed by atoms with Crippen LogP contribution in [0.5, 0.6) is 0 Å². The smallest absolute Gasteiger partial charge is 0.277 e. The molecule has 3 rings (SSSR count). The summed E-state index contributed by atoms with van der Waals surface area (Å²) in [5.74, 6) is -1.02. The van der Waals surface area contributed by atoms with E-state index in [1.54, 1.807) is 29.2 Å². The van der Waals surface area contributed by atoms with Gasteiger partial charge in [0.1, 0.15) is 0 Å². The molecule has 0 radical (unpaired) electrons. The first-order chi connectivity index (χ1) is 15.3. The van der Waals surface area contributed by atoms with Gasteiger partial charge in [-0.25, -0.2) is 0 Å². The molecule has 0 unspecified atom stereocenters. The number of hydrogen-bond acceptors (Lipinski definition) is 7. The van der Waals surface area contributed by atoms with Gasteiger partial charge in [0, 0.05) is 25.2 Å². The van der Waals surface area contributed by atoms with Crippen molar-refractivity contribution in [3.05, 3.63) is 73.8 Å². The van der Waals surface area contributed by atoms with Crippen LogP contribution in [-0.4, -0.2) is 44.8 Å². The SMILES string of the molecule is O=C(NC(=S)Nc1ccccc1C(=O)N1CCCCC1)c1cc([N+](=O)[O-])cc([N+](=O)[O-])c1. The maximum Gasteiger partial charge on any atom is 0.277 e. The number of benzene rings is 2. The van der Waals surface area contributed by atoms with Crippen LogP contribution >= 0.6 is 12.2 Å². The van der Waals surface area contributed by atoms with Gasteiger partial charge >= 0.3 is 0 Å². The average molecular weight is 457 g/mol. The Hall–Kier alpha value is -3.93. The molecule has 0 atom stereocenters. The number of carbonyl (C=O) groups excluding carboxylic acids is 2. The number of amides is 2. The number of thiocarbonyl (C=S) groups is 1. The second-order valence-electron chi connectivity index (χ2n) is 7.06. The van der Waals surface area contributed by atoms with Crippen LogP contribution in [0.4, 0.5) is 17.1 Å². The lowest BCUT2D eigenvalue weighted by atomic mass is 10.1. The van der Waals surface area contributed by atoms with Crippen LogP contribution in [0.25, 0.3) is 0 Å². The molecule has 0 aliphatic carbocycles. The molecule has 2 aromatic rings. The molecule has 1 aliphatic rings. The van der Waals surface area contributed by atoms with Crippen molar-refractivity contribution in [3.8, 4) is 0 Å². The Morgan fingerprint density at radius 1 is 0.938 bits per heavy atom. The topological polar surface area (TPSA) is 148 Å². The minimum atomic E-state index is -0.867. The normalized spacial score (nSPS) is 13.2. The molecule has 32 heavy (non-hydrogen) atoms. The average Bonchev–Trinajstić information content (AvgIpc) is 2.79. The Morgan fingerprint density at radius 2 is 1.53 bits per heavy atom. The number of hydrogen-bond donors (Lipinski definition) is 2. The first-order valence-electron chi connectivity index (χ1n) is 9.71. The molecule has 0 bridgehead atoms. The van der Waals surface area contributed by atoms with Crippen LogP contribution in [0.15, 0.2) is 42.5 Å². The van der Waals surface area contributed by atoms with Crippen molar-refractivity contribution in [2.75, 3.05) is 18.4 Å². The zero-order valence-electron chi connectivity index (χ0n) is 16.8. The molecule has 166 valence electrons. The lowest BCUT2D eigenvalue weighted by molar-refractivity contribution is -0.394. The maximum atomic E-state index is 12.9. The third kappa shape index (κ3) is 5.40. The Kier molecular flexibility index (Phi) is 7.05. The second-order valence-corrected chi connectivity index (χ2v) is 7.47. The van der Waals surface area contributed by atoms with Gasteiger partial charge in [-0.1, -0.05) is 12.1 Å². The number of piperidine rings is 1. The van der Waals surface area contributed by atoms with Gasteiger partial charge < -0.3 is 10.2 Å². The van der Waals surface area contributed by atoms with E-state index in [9.17, 15) is 29.8 Å². The molecule has 1 saturated heterocycles. The zero-order valence-corrected chi connectivity index (χ0v) is 17.6. The van der Waals surface area contributed by atoms with E-state index in [2.05, 4.69) is 10.6 Å². The van der Waals surface area contributed by atoms with Crippen LogP contribution in [0.3, 0.4) is 0 Å². The predicted molar refractivity (Wildman–Crippen MR) is 120 cm³/mol. The number of non-ortho nitro benzene ring substituents is 2. The van der Waals surface area contributed by atoms with Crippen molar-refractivity contribution in [2.45, 2.75) is 19.3 Å². The summed E-state index contributed by atoms with van der Waals surface area (Å²) < 4.78 is 0. The number of likely N-dealkylation sites (tertiary alicyclic amines) is 1. The van der Waals surface area contributed by atoms with Crippen molar-refractivity contribution in [2.24, 2.45) is 0 Å². The molecule has 0 aromatic heterocycles. The molecular weight excluding hydrogens is 438 g/mol. The Bertz CT molecular complexity index is 1070. The third-order valence-electron chi connectivity index (χ3n) is 4.86. The molecule has 2 aromatic carbocycles. The minimum Gasteiger partial charge on any atom is -0.339 e. The number of nitrogens with one attached hydrogen (secondary N) is 2. The monoisotopic (exact) mass is 457 g/mol. The van der Waals surface area contributed by atoms with E-state index in [-0.39, 0.29) is 16.6 Å². The molecule has 2 N–H and O–H groups in total. The van der Waals surface area contributed by atoms with E-state index in [4.69, 9.17) is 12.2 Å². The van der Waals surface area contributed by atoms with Gasteiger partial charge in [-0.2, -0.15) is 0 Å². The largest absolute Gasteiger partial charge is 0.339 e. The second kappa shape index (κ2) is 9.92. The van der Waals surface area contributed by atoms with Gasteiger partial charge in [0.2, 0.25) is 0 Å². The van der Waals surface area contributed by atoms with Crippen molar-refractivity contribution >= 4 is 46.2 Å². The number of carbonyl (C=O) groups is 2. The van der Waals surface area contributed by atoms with Gasteiger partial charge in [0.25, 0.3) is 23.2 Å². The lowest BCUT2D eigenvalue weighted by Crippen LogP contribution is -2.37. The van der Waals surface area contributed by atoms with Crippen molar-refractivity contribution < 1.29 is 19.4 Å². The van der Waals surface area contributed by atoms with Crippen molar-refractivity contribution in [1.82, 2.24) is 10.2 Å². The zero-order chi connectivity index (χ0) is 23.3. The Balaban J connectivity index is 1.75. The first kappa shape index (κ1) is 22.7. The summed E-state index contributed by atoms with van der Waals surface area (Å²) in [4.78, 5) is 47.5. The summed E-state index contributed by atoms with van der Waals surface area (Å²) in [7, 11) is 0. The van der Waals surface area contributed by atoms with Crippen LogP contribution in [0, 0.1) is 20.2 Å². The lowest BCUT2D eigenvalue weighted by Gasteiger charge is -2.27. The number of nitrogens with zero attached hydrogens (tertiary/aromatic N) is 3. The fraction of sp³-hybridized carbons (Fsp3) is 0.250. The van der Waals surface area contributed by atoms with Crippen molar-refractivity contribution in [1.29, 1.82) is 0 Å². The maximum absolute atomic E-state index is 12.9. The highest BCUT2D eigenvalue weighted by Gasteiger charge is 2.22. The van der Waals surface area contributed by atoms with Gasteiger partial charge in [-0.15, -0.1) is 0 Å². The summed E-state index contributed by atoms with van der Waals surface area (Å²) in [6.07, 6.45) is 2.95. The molecular formula is C20H19N5O6S. The molecule has 0 saturated carbocycles. The van der Waals surface area contributed by atoms with E-state index in [0.29, 0.717) is 24.3 Å². The Labute approximate surface area is 187 Å². The van der Waals surface area contributed by atoms with E-state index in [1.807, 2.05) is 0 Å². The highest BCUT2D eigenvalue weighted by atomic mass is 32.1. The number of para-hydroxylation sites is 1. The molecule has 0 spiro atoms. The predicted octanol–water partition coefficient (Wildman–Crippen LogP) is 3.26. The summed E-state index contributed by atoms with van der Waals surface area (Å²) >= 11 is 5.15. The molecule has 1 aliphatic heterocycles. The van der Waals surface area contributed by atoms with E-state index in [0.717, 1.165) is 37.5 Å². The highest BCUT2D eigenvalue weighted by Crippen LogP contribution is 2.23. The van der Waals surface area contributed by atoms with Gasteiger partial charge in [-0.05, 0) is 43.6 Å². The molecule has 12 heteroatoms. The Morgan fingerprint density at radius 3 is 2.12 bits per heavy atom. The van der Waals surface area contributed by atoms with Crippen LogP contribution in [-0.2, 0) is 0 Å². The fourth-order valence-corrected chi connectivity index (χ4v) is 3.51. The quantitative estimate of drug-likeness (QED) is 0.395.